The van der Waals surface area contributed by atoms with Crippen LogP contribution in [0.2, 0.25) is 0 Å². The van der Waals surface area contributed by atoms with E-state index in [1.807, 2.05) is 24.3 Å². The van der Waals surface area contributed by atoms with Gasteiger partial charge in [-0.15, -0.1) is 0 Å². The third-order valence-corrected chi connectivity index (χ3v) is 3.92. The second kappa shape index (κ2) is 6.01. The Balaban J connectivity index is 2.00. The zero-order valence-electron chi connectivity index (χ0n) is 11.5. The van der Waals surface area contributed by atoms with Gasteiger partial charge in [-0.05, 0) is 25.0 Å². The van der Waals surface area contributed by atoms with Gasteiger partial charge >= 0.3 is 0 Å². The smallest absolute Gasteiger partial charge is 0.143 e. The summed E-state index contributed by atoms with van der Waals surface area (Å²) < 4.78 is 0. The maximum atomic E-state index is 5.71. The minimum atomic E-state index is 0.390. The zero-order chi connectivity index (χ0) is 13.8. The summed E-state index contributed by atoms with van der Waals surface area (Å²) in [6.45, 7) is 0. The average Bonchev–Trinajstić information content (AvgIpc) is 2.53. The van der Waals surface area contributed by atoms with Crippen molar-refractivity contribution < 1.29 is 0 Å². The number of amidine groups is 1. The molecule has 3 rings (SSSR count). The number of aromatic nitrogens is 1. The first-order valence-electron chi connectivity index (χ1n) is 7.27. The van der Waals surface area contributed by atoms with Crippen molar-refractivity contribution in [2.24, 2.45) is 10.8 Å². The van der Waals surface area contributed by atoms with Crippen LogP contribution < -0.4 is 11.3 Å². The quantitative estimate of drug-likeness (QED) is 0.381. The highest BCUT2D eigenvalue weighted by Crippen LogP contribution is 2.22. The van der Waals surface area contributed by atoms with Crippen molar-refractivity contribution in [3.05, 3.63) is 42.1 Å². The Kier molecular flexibility index (Phi) is 3.92. The number of nitrogens with two attached hydrogens (primary N) is 1. The molecule has 1 aliphatic carbocycles. The van der Waals surface area contributed by atoms with Gasteiger partial charge in [0.2, 0.25) is 0 Å². The van der Waals surface area contributed by atoms with Crippen molar-refractivity contribution in [2.75, 3.05) is 0 Å². The van der Waals surface area contributed by atoms with Crippen molar-refractivity contribution in [1.82, 2.24) is 10.4 Å². The van der Waals surface area contributed by atoms with E-state index in [4.69, 9.17) is 10.8 Å². The summed E-state index contributed by atoms with van der Waals surface area (Å²) in [5.41, 5.74) is 4.78. The predicted molar refractivity (Wildman–Crippen MR) is 82.5 cm³/mol. The third kappa shape index (κ3) is 2.65. The van der Waals surface area contributed by atoms with Crippen molar-refractivity contribution in [3.63, 3.8) is 0 Å². The van der Waals surface area contributed by atoms with E-state index in [0.717, 1.165) is 35.1 Å². The summed E-state index contributed by atoms with van der Waals surface area (Å²) in [7, 11) is 0. The number of nitrogens with zero attached hydrogens (tertiary/aromatic N) is 2. The number of fused-ring (bicyclic) bond motifs is 1. The Labute approximate surface area is 119 Å². The van der Waals surface area contributed by atoms with E-state index in [-0.39, 0.29) is 0 Å². The first-order valence-corrected chi connectivity index (χ1v) is 7.27. The van der Waals surface area contributed by atoms with E-state index in [1.54, 1.807) is 6.20 Å². The summed E-state index contributed by atoms with van der Waals surface area (Å²) >= 11 is 0. The molecule has 0 amide bonds. The van der Waals surface area contributed by atoms with Crippen molar-refractivity contribution in [3.8, 4) is 0 Å². The van der Waals surface area contributed by atoms with E-state index in [2.05, 4.69) is 16.5 Å². The fourth-order valence-electron chi connectivity index (χ4n) is 2.89. The lowest BCUT2D eigenvalue weighted by Crippen LogP contribution is -2.33. The molecule has 4 nitrogen and oxygen atoms in total. The van der Waals surface area contributed by atoms with Gasteiger partial charge < -0.3 is 5.43 Å². The van der Waals surface area contributed by atoms with Crippen molar-refractivity contribution in [2.45, 2.75) is 38.1 Å². The highest BCUT2D eigenvalue weighted by molar-refractivity contribution is 6.08. The summed E-state index contributed by atoms with van der Waals surface area (Å²) in [6, 6.07) is 10.4. The Hall–Kier alpha value is -1.94. The molecule has 1 saturated carbocycles. The fourth-order valence-corrected chi connectivity index (χ4v) is 2.89. The van der Waals surface area contributed by atoms with Gasteiger partial charge in [0.1, 0.15) is 5.84 Å². The Morgan fingerprint density at radius 2 is 2.00 bits per heavy atom. The molecule has 1 fully saturated rings. The first-order chi connectivity index (χ1) is 9.88. The molecule has 0 atom stereocenters. The van der Waals surface area contributed by atoms with Crippen LogP contribution in [0.15, 0.2) is 41.5 Å². The average molecular weight is 268 g/mol. The molecule has 0 saturated heterocycles. The van der Waals surface area contributed by atoms with E-state index in [9.17, 15) is 0 Å². The highest BCUT2D eigenvalue weighted by atomic mass is 15.3. The molecule has 4 heteroatoms. The molecule has 2 aromatic rings. The molecule has 1 aliphatic rings. The fraction of sp³-hybridized carbons (Fsp3) is 0.375. The van der Waals surface area contributed by atoms with Crippen LogP contribution in [0.5, 0.6) is 0 Å². The summed E-state index contributed by atoms with van der Waals surface area (Å²) in [5.74, 6) is 6.49. The zero-order valence-corrected chi connectivity index (χ0v) is 11.5. The minimum absolute atomic E-state index is 0.390. The van der Waals surface area contributed by atoms with E-state index >= 15 is 0 Å². The Bertz CT molecular complexity index is 609. The number of hydrogen-bond donors (Lipinski definition) is 2. The number of aliphatic imine (C=N–C) groups is 1. The monoisotopic (exact) mass is 268 g/mol. The van der Waals surface area contributed by atoms with Crippen LogP contribution in [-0.2, 0) is 0 Å². The first kappa shape index (κ1) is 13.1. The predicted octanol–water partition coefficient (Wildman–Crippen LogP) is 2.78. The molecule has 0 radical (unpaired) electrons. The van der Waals surface area contributed by atoms with Crippen LogP contribution in [0.3, 0.4) is 0 Å². The van der Waals surface area contributed by atoms with Crippen LogP contribution in [0.4, 0.5) is 0 Å². The molecule has 104 valence electrons. The van der Waals surface area contributed by atoms with Crippen LogP contribution in [-0.4, -0.2) is 16.9 Å². The molecular formula is C16H20N4. The summed E-state index contributed by atoms with van der Waals surface area (Å²) in [4.78, 5) is 9.21. The summed E-state index contributed by atoms with van der Waals surface area (Å²) in [6.07, 6.45) is 7.99. The van der Waals surface area contributed by atoms with Gasteiger partial charge in [0, 0.05) is 17.1 Å². The van der Waals surface area contributed by atoms with Crippen LogP contribution >= 0.6 is 0 Å². The largest absolute Gasteiger partial charge is 0.308 e. The lowest BCUT2D eigenvalue weighted by Gasteiger charge is -2.19. The van der Waals surface area contributed by atoms with Gasteiger partial charge in [0.05, 0.1) is 11.6 Å². The van der Waals surface area contributed by atoms with E-state index < -0.39 is 0 Å². The number of benzene rings is 1. The van der Waals surface area contributed by atoms with Crippen LogP contribution in [0.1, 0.15) is 37.7 Å². The molecule has 0 unspecified atom stereocenters. The van der Waals surface area contributed by atoms with Gasteiger partial charge in [-0.3, -0.25) is 9.98 Å². The Morgan fingerprint density at radius 3 is 2.80 bits per heavy atom. The molecule has 0 bridgehead atoms. The number of hydrazine groups is 1. The Morgan fingerprint density at radius 1 is 1.15 bits per heavy atom. The molecule has 1 aromatic heterocycles. The number of rotatable bonds is 2. The second-order valence-corrected chi connectivity index (χ2v) is 5.29. The van der Waals surface area contributed by atoms with E-state index in [1.165, 1.54) is 19.3 Å². The van der Waals surface area contributed by atoms with Crippen molar-refractivity contribution >= 4 is 16.7 Å². The van der Waals surface area contributed by atoms with Crippen LogP contribution in [0, 0.1) is 0 Å². The summed E-state index contributed by atoms with van der Waals surface area (Å²) in [5, 5.41) is 1.09. The molecule has 3 N–H and O–H groups in total. The van der Waals surface area contributed by atoms with Crippen molar-refractivity contribution in [1.29, 1.82) is 0 Å². The number of pyridine rings is 1. The topological polar surface area (TPSA) is 63.3 Å². The molecule has 20 heavy (non-hydrogen) atoms. The van der Waals surface area contributed by atoms with Crippen LogP contribution in [0.25, 0.3) is 10.9 Å². The minimum Gasteiger partial charge on any atom is -0.308 e. The number of hydrogen-bond acceptors (Lipinski definition) is 3. The van der Waals surface area contributed by atoms with Gasteiger partial charge in [-0.1, -0.05) is 37.5 Å². The highest BCUT2D eigenvalue weighted by Gasteiger charge is 2.14. The lowest BCUT2D eigenvalue weighted by atomic mass is 9.96. The SMILES string of the molecule is NNC(=NC1CCCCC1)c1cccc2ncccc12. The van der Waals surface area contributed by atoms with Gasteiger partial charge in [-0.2, -0.15) is 0 Å². The normalized spacial score (nSPS) is 17.4. The maximum absolute atomic E-state index is 5.71. The molecule has 1 heterocycles. The second-order valence-electron chi connectivity index (χ2n) is 5.29. The van der Waals surface area contributed by atoms with E-state index in [0.29, 0.717) is 6.04 Å². The standard InChI is InChI=1S/C16H20N4/c17-20-16(19-12-6-2-1-3-7-12)14-8-4-10-15-13(14)9-5-11-18-15/h4-5,8-12H,1-3,6-7,17H2,(H,19,20). The molecule has 1 aromatic carbocycles. The molecular weight excluding hydrogens is 248 g/mol. The van der Waals surface area contributed by atoms with Gasteiger partial charge in [-0.25, -0.2) is 5.84 Å². The third-order valence-electron chi connectivity index (χ3n) is 3.92. The van der Waals surface area contributed by atoms with Gasteiger partial charge in [0.25, 0.3) is 0 Å². The van der Waals surface area contributed by atoms with Gasteiger partial charge in [0.15, 0.2) is 0 Å². The molecule has 0 aliphatic heterocycles. The lowest BCUT2D eigenvalue weighted by molar-refractivity contribution is 0.442. The number of nitrogens with one attached hydrogen (secondary N) is 1. The maximum Gasteiger partial charge on any atom is 0.143 e. The molecule has 0 spiro atoms.